The summed E-state index contributed by atoms with van der Waals surface area (Å²) in [6.07, 6.45) is 12.9. The van der Waals surface area contributed by atoms with Crippen LogP contribution in [0.3, 0.4) is 0 Å². The van der Waals surface area contributed by atoms with Gasteiger partial charge >= 0.3 is 158 Å². The van der Waals surface area contributed by atoms with E-state index in [4.69, 9.17) is 0 Å². The van der Waals surface area contributed by atoms with Crippen LogP contribution in [0.4, 0.5) is 0 Å². The summed E-state index contributed by atoms with van der Waals surface area (Å²) in [5, 5.41) is 8.57. The Hall–Kier alpha value is -0.841. The number of hydrogen-bond acceptors (Lipinski definition) is 2. The average Bonchev–Trinajstić information content (AvgIpc) is 3.06. The van der Waals surface area contributed by atoms with Crippen molar-refractivity contribution in [1.29, 1.82) is 0 Å². The van der Waals surface area contributed by atoms with Crippen LogP contribution in [0.1, 0.15) is 59.3 Å². The van der Waals surface area contributed by atoms with Crippen LogP contribution in [-0.2, 0) is 0 Å². The number of unbranched alkanes of at least 4 members (excludes halogenated alkanes) is 3. The molecule has 0 saturated carbocycles. The Bertz CT molecular complexity index is 626. The van der Waals surface area contributed by atoms with Crippen LogP contribution in [0, 0.1) is 0 Å². The second-order valence-corrected chi connectivity index (χ2v) is 21.4. The first-order valence-electron chi connectivity index (χ1n) is 10.2. The van der Waals surface area contributed by atoms with E-state index >= 15 is 0 Å². The van der Waals surface area contributed by atoms with E-state index in [2.05, 4.69) is 55.5 Å². The normalized spacial score (nSPS) is 12.4. The molecule has 25 heavy (non-hydrogen) atoms. The molecule has 1 heterocycles. The Labute approximate surface area is 157 Å². The van der Waals surface area contributed by atoms with E-state index in [1.165, 1.54) is 43.0 Å². The summed E-state index contributed by atoms with van der Waals surface area (Å²) in [5.74, 6) is 0. The van der Waals surface area contributed by atoms with Crippen LogP contribution in [0.25, 0.3) is 17.2 Å². The van der Waals surface area contributed by atoms with Gasteiger partial charge in [-0.3, -0.25) is 0 Å². The third-order valence-electron chi connectivity index (χ3n) is 5.36. The zero-order valence-corrected chi connectivity index (χ0v) is 19.2. The number of aromatic nitrogens is 3. The van der Waals surface area contributed by atoms with Gasteiger partial charge in [0.2, 0.25) is 0 Å². The summed E-state index contributed by atoms with van der Waals surface area (Å²) < 4.78 is 8.00. The standard InChI is InChI=1S/C9H8N3.3C4H9.Sn/c1-2-7-12-9-6-4-3-5-8(9)10-11-12;3*1-3-4-2;/h2-7H,1H2;3*1,3-4H2,2H3;/b7-2-;;;;. The molecule has 0 aliphatic carbocycles. The summed E-state index contributed by atoms with van der Waals surface area (Å²) in [5.41, 5.74) is 2.08. The fourth-order valence-electron chi connectivity index (χ4n) is 3.74. The summed E-state index contributed by atoms with van der Waals surface area (Å²) >= 11 is -2.07. The van der Waals surface area contributed by atoms with E-state index in [-0.39, 0.29) is 0 Å². The maximum atomic E-state index is 4.30. The number of nitrogens with zero attached hydrogens (tertiary/aromatic N) is 3. The Balaban J connectivity index is 2.12. The molecule has 138 valence electrons. The molecule has 2 aromatic rings. The van der Waals surface area contributed by atoms with Crippen molar-refractivity contribution in [3.8, 4) is 0 Å². The molecule has 0 radical (unpaired) electrons. The van der Waals surface area contributed by atoms with Gasteiger partial charge in [0.05, 0.1) is 0 Å². The van der Waals surface area contributed by atoms with Crippen molar-refractivity contribution in [1.82, 2.24) is 15.0 Å². The predicted molar refractivity (Wildman–Crippen MR) is 113 cm³/mol. The van der Waals surface area contributed by atoms with Gasteiger partial charge in [0, 0.05) is 0 Å². The Morgan fingerprint density at radius 2 is 1.52 bits per heavy atom. The summed E-state index contributed by atoms with van der Waals surface area (Å²) in [6, 6.07) is 8.21. The van der Waals surface area contributed by atoms with E-state index in [1.54, 1.807) is 13.3 Å². The molecule has 3 nitrogen and oxygen atoms in total. The first kappa shape index (κ1) is 20.5. The van der Waals surface area contributed by atoms with Gasteiger partial charge in [0.1, 0.15) is 0 Å². The predicted octanol–water partition coefficient (Wildman–Crippen LogP) is 6.75. The van der Waals surface area contributed by atoms with E-state index in [0.29, 0.717) is 0 Å². The van der Waals surface area contributed by atoms with Crippen molar-refractivity contribution in [3.63, 3.8) is 0 Å². The molecule has 0 unspecified atom stereocenters. The molecule has 0 atom stereocenters. The van der Waals surface area contributed by atoms with Crippen LogP contribution in [0.2, 0.25) is 17.7 Å². The Kier molecular flexibility index (Phi) is 9.00. The molecule has 0 aliphatic rings. The van der Waals surface area contributed by atoms with Crippen molar-refractivity contribution in [2.75, 3.05) is 0 Å². The molecule has 0 spiro atoms. The molecular weight excluding hydrogens is 413 g/mol. The van der Waals surface area contributed by atoms with Crippen LogP contribution in [0.15, 0.2) is 30.3 Å². The zero-order valence-electron chi connectivity index (χ0n) is 16.4. The molecule has 2 rings (SSSR count). The van der Waals surface area contributed by atoms with Gasteiger partial charge < -0.3 is 0 Å². The Morgan fingerprint density at radius 3 is 2.12 bits per heavy atom. The first-order chi connectivity index (χ1) is 12.2. The van der Waals surface area contributed by atoms with Crippen molar-refractivity contribution in [3.05, 3.63) is 30.3 Å². The molecule has 0 aliphatic heterocycles. The fraction of sp³-hybridized carbons (Fsp3) is 0.619. The molecule has 0 saturated heterocycles. The van der Waals surface area contributed by atoms with Crippen LogP contribution >= 0.6 is 0 Å². The molecule has 1 aromatic carbocycles. The molecular formula is C21H35N3Sn. The van der Waals surface area contributed by atoms with Crippen LogP contribution in [0.5, 0.6) is 0 Å². The van der Waals surface area contributed by atoms with E-state index < -0.39 is 18.4 Å². The van der Waals surface area contributed by atoms with Crippen molar-refractivity contribution < 1.29 is 0 Å². The van der Waals surface area contributed by atoms with Crippen molar-refractivity contribution in [2.45, 2.75) is 77.0 Å². The molecule has 0 bridgehead atoms. The van der Waals surface area contributed by atoms with Gasteiger partial charge in [-0.05, 0) is 0 Å². The molecule has 0 amide bonds. The fourth-order valence-corrected chi connectivity index (χ4v) is 18.8. The van der Waals surface area contributed by atoms with Crippen LogP contribution < -0.4 is 0 Å². The van der Waals surface area contributed by atoms with Gasteiger partial charge in [-0.25, -0.2) is 0 Å². The van der Waals surface area contributed by atoms with Gasteiger partial charge in [0.15, 0.2) is 0 Å². The summed E-state index contributed by atoms with van der Waals surface area (Å²) in [6.45, 7) is 7.02. The molecule has 4 heteroatoms. The third-order valence-corrected chi connectivity index (χ3v) is 20.6. The van der Waals surface area contributed by atoms with Crippen LogP contribution in [-0.4, -0.2) is 33.4 Å². The number of rotatable bonds is 12. The first-order valence-corrected chi connectivity index (χ1v) is 18.3. The summed E-state index contributed by atoms with van der Waals surface area (Å²) in [4.78, 5) is 0. The second kappa shape index (κ2) is 11.0. The number of para-hydroxylation sites is 1. The topological polar surface area (TPSA) is 30.7 Å². The van der Waals surface area contributed by atoms with Gasteiger partial charge in [-0.1, -0.05) is 0 Å². The average molecular weight is 448 g/mol. The molecule has 0 N–H and O–H groups in total. The maximum absolute atomic E-state index is 4.30. The number of allylic oxidation sites excluding steroid dienone is 1. The van der Waals surface area contributed by atoms with Gasteiger partial charge in [-0.2, -0.15) is 0 Å². The van der Waals surface area contributed by atoms with E-state index in [0.717, 1.165) is 11.0 Å². The minimum atomic E-state index is -2.07. The molecule has 1 aromatic heterocycles. The number of benzene rings is 1. The van der Waals surface area contributed by atoms with Gasteiger partial charge in [0.25, 0.3) is 0 Å². The minimum absolute atomic E-state index is 0.977. The number of fused-ring (bicyclic) bond motifs is 1. The van der Waals surface area contributed by atoms with E-state index in [9.17, 15) is 0 Å². The zero-order chi connectivity index (χ0) is 18.0. The quantitative estimate of drug-likeness (QED) is 0.337. The van der Waals surface area contributed by atoms with E-state index in [1.807, 2.05) is 16.8 Å². The van der Waals surface area contributed by atoms with Crippen molar-refractivity contribution >= 4 is 35.6 Å². The SMILES string of the molecule is CCC[CH2][Sn]([CH2]/C=C\n1nnc2ccccc21)([CH2]CCC)[CH2]CCC. The third kappa shape index (κ3) is 6.12. The van der Waals surface area contributed by atoms with Gasteiger partial charge in [-0.15, -0.1) is 0 Å². The summed E-state index contributed by atoms with van der Waals surface area (Å²) in [7, 11) is 0. The van der Waals surface area contributed by atoms with Crippen molar-refractivity contribution in [2.24, 2.45) is 0 Å². The monoisotopic (exact) mass is 449 g/mol. The molecule has 0 fully saturated rings. The number of hydrogen-bond donors (Lipinski definition) is 0. The Morgan fingerprint density at radius 1 is 0.920 bits per heavy atom. The second-order valence-electron chi connectivity index (χ2n) is 7.42.